The fourth-order valence-electron chi connectivity index (χ4n) is 1.44. The van der Waals surface area contributed by atoms with Crippen LogP contribution in [-0.2, 0) is 0 Å². The minimum Gasteiger partial charge on any atom is -0.363 e. The van der Waals surface area contributed by atoms with Crippen molar-refractivity contribution in [2.24, 2.45) is 0 Å². The van der Waals surface area contributed by atoms with Crippen molar-refractivity contribution in [2.45, 2.75) is 0 Å². The Kier molecular flexibility index (Phi) is 3.52. The third-order valence-electron chi connectivity index (χ3n) is 2.39. The van der Waals surface area contributed by atoms with E-state index in [1.807, 2.05) is 19.0 Å². The molecule has 0 saturated carbocycles. The van der Waals surface area contributed by atoms with Gasteiger partial charge in [0.1, 0.15) is 5.82 Å². The van der Waals surface area contributed by atoms with Gasteiger partial charge in [0.2, 0.25) is 0 Å². The van der Waals surface area contributed by atoms with E-state index in [9.17, 15) is 4.79 Å². The van der Waals surface area contributed by atoms with Gasteiger partial charge in [-0.3, -0.25) is 9.78 Å². The number of carbonyl (C=O) groups excluding carboxylic acids is 1. The van der Waals surface area contributed by atoms with Crippen LogP contribution >= 0.6 is 0 Å². The Morgan fingerprint density at radius 1 is 1.28 bits per heavy atom. The number of aromatic nitrogens is 2. The molecule has 0 aliphatic rings. The van der Waals surface area contributed by atoms with Gasteiger partial charge in [-0.25, -0.2) is 4.98 Å². The molecule has 0 unspecified atom stereocenters. The van der Waals surface area contributed by atoms with Crippen LogP contribution in [0.1, 0.15) is 10.4 Å². The van der Waals surface area contributed by atoms with Gasteiger partial charge in [0.05, 0.1) is 11.9 Å². The summed E-state index contributed by atoms with van der Waals surface area (Å²) in [7, 11) is 3.76. The lowest BCUT2D eigenvalue weighted by molar-refractivity contribution is 0.102. The van der Waals surface area contributed by atoms with Crippen LogP contribution < -0.4 is 10.2 Å². The minimum atomic E-state index is -0.173. The summed E-state index contributed by atoms with van der Waals surface area (Å²) in [6, 6.07) is 6.98. The maximum atomic E-state index is 12.0. The molecule has 2 heterocycles. The van der Waals surface area contributed by atoms with Crippen molar-refractivity contribution in [1.29, 1.82) is 0 Å². The Bertz CT molecular complexity index is 540. The van der Waals surface area contributed by atoms with Crippen molar-refractivity contribution >= 4 is 17.4 Å². The highest BCUT2D eigenvalue weighted by molar-refractivity contribution is 6.04. The van der Waals surface area contributed by atoms with Crippen LogP contribution in [0, 0.1) is 0 Å². The summed E-state index contributed by atoms with van der Waals surface area (Å²) < 4.78 is 0. The van der Waals surface area contributed by atoms with Gasteiger partial charge in [0, 0.05) is 32.1 Å². The molecule has 1 amide bonds. The fraction of sp³-hybridized carbons (Fsp3) is 0.154. The molecule has 5 heteroatoms. The van der Waals surface area contributed by atoms with E-state index < -0.39 is 0 Å². The van der Waals surface area contributed by atoms with Crippen LogP contribution in [0.3, 0.4) is 0 Å². The molecule has 0 saturated heterocycles. The Morgan fingerprint density at radius 3 is 2.78 bits per heavy atom. The van der Waals surface area contributed by atoms with Gasteiger partial charge < -0.3 is 10.2 Å². The van der Waals surface area contributed by atoms with E-state index in [4.69, 9.17) is 0 Å². The Balaban J connectivity index is 2.16. The number of hydrogen-bond donors (Lipinski definition) is 1. The Labute approximate surface area is 105 Å². The van der Waals surface area contributed by atoms with Crippen molar-refractivity contribution in [3.05, 3.63) is 48.4 Å². The number of nitrogens with zero attached hydrogens (tertiary/aromatic N) is 3. The largest absolute Gasteiger partial charge is 0.363 e. The predicted octanol–water partition coefficient (Wildman–Crippen LogP) is 1.79. The maximum Gasteiger partial charge on any atom is 0.255 e. The molecule has 0 fully saturated rings. The minimum absolute atomic E-state index is 0.173. The Hall–Kier alpha value is -2.43. The third kappa shape index (κ3) is 2.82. The topological polar surface area (TPSA) is 58.1 Å². The molecule has 18 heavy (non-hydrogen) atoms. The molecule has 2 aromatic rings. The van der Waals surface area contributed by atoms with Crippen LogP contribution in [0.15, 0.2) is 42.9 Å². The lowest BCUT2D eigenvalue weighted by Gasteiger charge is -2.12. The summed E-state index contributed by atoms with van der Waals surface area (Å²) in [5.41, 5.74) is 1.24. The SMILES string of the molecule is CN(C)c1cc(C(=O)Nc2cccnc2)ccn1. The highest BCUT2D eigenvalue weighted by Gasteiger charge is 2.08. The number of carbonyl (C=O) groups is 1. The van der Waals surface area contributed by atoms with Gasteiger partial charge in [-0.05, 0) is 24.3 Å². The molecular formula is C13H14N4O. The molecule has 92 valence electrons. The molecule has 0 aliphatic carbocycles. The monoisotopic (exact) mass is 242 g/mol. The maximum absolute atomic E-state index is 12.0. The second-order valence-corrected chi connectivity index (χ2v) is 3.99. The van der Waals surface area contributed by atoms with E-state index in [0.29, 0.717) is 11.3 Å². The predicted molar refractivity (Wildman–Crippen MR) is 70.8 cm³/mol. The first-order chi connectivity index (χ1) is 8.66. The molecule has 0 aliphatic heterocycles. The normalized spacial score (nSPS) is 9.89. The molecule has 2 aromatic heterocycles. The first-order valence-electron chi connectivity index (χ1n) is 5.51. The summed E-state index contributed by atoms with van der Waals surface area (Å²) in [5.74, 6) is 0.572. The number of rotatable bonds is 3. The first kappa shape index (κ1) is 12.0. The number of anilines is 2. The zero-order chi connectivity index (χ0) is 13.0. The van der Waals surface area contributed by atoms with Crippen molar-refractivity contribution in [2.75, 3.05) is 24.3 Å². The van der Waals surface area contributed by atoms with Gasteiger partial charge in [0.25, 0.3) is 5.91 Å². The quantitative estimate of drug-likeness (QED) is 0.891. The average Bonchev–Trinajstić information content (AvgIpc) is 2.40. The van der Waals surface area contributed by atoms with Crippen molar-refractivity contribution in [3.63, 3.8) is 0 Å². The second-order valence-electron chi connectivity index (χ2n) is 3.99. The van der Waals surface area contributed by atoms with Crippen LogP contribution in [0.2, 0.25) is 0 Å². The highest BCUT2D eigenvalue weighted by atomic mass is 16.1. The lowest BCUT2D eigenvalue weighted by atomic mass is 10.2. The zero-order valence-electron chi connectivity index (χ0n) is 10.3. The van der Waals surface area contributed by atoms with Crippen LogP contribution in [0.25, 0.3) is 0 Å². The van der Waals surface area contributed by atoms with Gasteiger partial charge in [-0.2, -0.15) is 0 Å². The summed E-state index contributed by atoms with van der Waals surface area (Å²) in [5, 5.41) is 2.78. The summed E-state index contributed by atoms with van der Waals surface area (Å²) in [6.07, 6.45) is 4.88. The van der Waals surface area contributed by atoms with Gasteiger partial charge in [-0.15, -0.1) is 0 Å². The number of amides is 1. The van der Waals surface area contributed by atoms with Crippen molar-refractivity contribution in [3.8, 4) is 0 Å². The average molecular weight is 242 g/mol. The molecule has 1 N–H and O–H groups in total. The van der Waals surface area contributed by atoms with Gasteiger partial charge >= 0.3 is 0 Å². The zero-order valence-corrected chi connectivity index (χ0v) is 10.3. The molecule has 0 spiro atoms. The number of hydrogen-bond acceptors (Lipinski definition) is 4. The van der Waals surface area contributed by atoms with E-state index in [2.05, 4.69) is 15.3 Å². The van der Waals surface area contributed by atoms with Crippen molar-refractivity contribution in [1.82, 2.24) is 9.97 Å². The second kappa shape index (κ2) is 5.27. The third-order valence-corrected chi connectivity index (χ3v) is 2.39. The standard InChI is InChI=1S/C13H14N4O/c1-17(2)12-8-10(5-7-15-12)13(18)16-11-4-3-6-14-9-11/h3-9H,1-2H3,(H,16,18). The first-order valence-corrected chi connectivity index (χ1v) is 5.51. The smallest absolute Gasteiger partial charge is 0.255 e. The van der Waals surface area contributed by atoms with Gasteiger partial charge in [-0.1, -0.05) is 0 Å². The molecule has 0 atom stereocenters. The summed E-state index contributed by atoms with van der Waals surface area (Å²) in [4.78, 5) is 22.0. The molecular weight excluding hydrogens is 228 g/mol. The van der Waals surface area contributed by atoms with E-state index in [1.165, 1.54) is 0 Å². The van der Waals surface area contributed by atoms with E-state index in [0.717, 1.165) is 5.82 Å². The van der Waals surface area contributed by atoms with Crippen LogP contribution in [-0.4, -0.2) is 30.0 Å². The summed E-state index contributed by atoms with van der Waals surface area (Å²) >= 11 is 0. The lowest BCUT2D eigenvalue weighted by Crippen LogP contribution is -2.15. The Morgan fingerprint density at radius 2 is 2.11 bits per heavy atom. The van der Waals surface area contributed by atoms with E-state index in [1.54, 1.807) is 42.9 Å². The van der Waals surface area contributed by atoms with E-state index in [-0.39, 0.29) is 5.91 Å². The molecule has 0 bridgehead atoms. The number of nitrogens with one attached hydrogen (secondary N) is 1. The summed E-state index contributed by atoms with van der Waals surface area (Å²) in [6.45, 7) is 0. The van der Waals surface area contributed by atoms with Crippen LogP contribution in [0.4, 0.5) is 11.5 Å². The van der Waals surface area contributed by atoms with Gasteiger partial charge in [0.15, 0.2) is 0 Å². The van der Waals surface area contributed by atoms with E-state index >= 15 is 0 Å². The molecule has 0 radical (unpaired) electrons. The molecule has 2 rings (SSSR count). The molecule has 5 nitrogen and oxygen atoms in total. The highest BCUT2D eigenvalue weighted by Crippen LogP contribution is 2.12. The fourth-order valence-corrected chi connectivity index (χ4v) is 1.44. The van der Waals surface area contributed by atoms with Crippen LogP contribution in [0.5, 0.6) is 0 Å². The number of pyridine rings is 2. The molecule has 0 aromatic carbocycles. The van der Waals surface area contributed by atoms with Crippen molar-refractivity contribution < 1.29 is 4.79 Å².